The van der Waals surface area contributed by atoms with Gasteiger partial charge >= 0.3 is 6.09 Å². The number of methoxy groups -OCH3 is 1. The maximum atomic E-state index is 12.5. The summed E-state index contributed by atoms with van der Waals surface area (Å²) in [6.45, 7) is 15.0. The fraction of sp³-hybridized carbons (Fsp3) is 0.588. The number of hydrogen-bond acceptors (Lipinski definition) is 8. The molecule has 254 valence electrons. The van der Waals surface area contributed by atoms with Crippen molar-refractivity contribution in [2.45, 2.75) is 109 Å². The van der Waals surface area contributed by atoms with Crippen molar-refractivity contribution < 1.29 is 19.0 Å². The molecule has 2 fully saturated rings. The number of carbonyl (C=O) groups excluding carboxylic acids is 1. The van der Waals surface area contributed by atoms with Gasteiger partial charge in [0.25, 0.3) is 0 Å². The molecule has 1 N–H and O–H groups in total. The van der Waals surface area contributed by atoms with Gasteiger partial charge in [-0.1, -0.05) is 37.3 Å². The van der Waals surface area contributed by atoms with Crippen LogP contribution in [0.2, 0.25) is 30.7 Å². The standard InChI is InChI=1S/C34H48ClN7O4Si/c1-34(2,3)46-33(43)37-22-16-23-8-9-24(17-22)42(23)29-18-36-31-26(19-40(32(31)38-29)21-45-14-15-47(5,6)7)25-10-11-28-27(30(25)35)20-41(39-28)12-13-44-4/h10-11,18-20,22-24H,8-9,12-17,21H2,1-7H3,(H,37,43)/t22?,23-,24+. The van der Waals surface area contributed by atoms with Gasteiger partial charge in [0.15, 0.2) is 5.65 Å². The molecule has 0 spiro atoms. The molecular weight excluding hydrogens is 634 g/mol. The Bertz CT molecular complexity index is 1730. The topological polar surface area (TPSA) is 109 Å². The van der Waals surface area contributed by atoms with E-state index < -0.39 is 13.7 Å². The van der Waals surface area contributed by atoms with Crippen LogP contribution in [-0.4, -0.2) is 82.5 Å². The fourth-order valence-corrected chi connectivity index (χ4v) is 7.83. The van der Waals surface area contributed by atoms with Crippen LogP contribution >= 0.6 is 11.6 Å². The molecule has 47 heavy (non-hydrogen) atoms. The lowest BCUT2D eigenvalue weighted by Crippen LogP contribution is -2.51. The first kappa shape index (κ1) is 33.7. The molecule has 0 aliphatic carbocycles. The van der Waals surface area contributed by atoms with Gasteiger partial charge in [0.1, 0.15) is 23.7 Å². The summed E-state index contributed by atoms with van der Waals surface area (Å²) in [7, 11) is 0.442. The second-order valence-corrected chi connectivity index (χ2v) is 21.1. The van der Waals surface area contributed by atoms with E-state index in [0.29, 0.717) is 31.5 Å². The lowest BCUT2D eigenvalue weighted by atomic mass is 9.97. The molecule has 2 aliphatic rings. The van der Waals surface area contributed by atoms with E-state index in [4.69, 9.17) is 35.8 Å². The van der Waals surface area contributed by atoms with Crippen molar-refractivity contribution in [1.82, 2.24) is 29.6 Å². The number of anilines is 1. The van der Waals surface area contributed by atoms with Gasteiger partial charge < -0.3 is 29.0 Å². The van der Waals surface area contributed by atoms with E-state index in [1.807, 2.05) is 50.0 Å². The van der Waals surface area contributed by atoms with Gasteiger partial charge in [-0.25, -0.2) is 14.8 Å². The lowest BCUT2D eigenvalue weighted by Gasteiger charge is -2.39. The van der Waals surface area contributed by atoms with Crippen molar-refractivity contribution in [3.05, 3.63) is 35.7 Å². The number of ether oxygens (including phenoxy) is 3. The van der Waals surface area contributed by atoms with Crippen molar-refractivity contribution >= 4 is 53.7 Å². The highest BCUT2D eigenvalue weighted by Gasteiger charge is 2.42. The number of amides is 1. The van der Waals surface area contributed by atoms with Crippen molar-refractivity contribution in [3.63, 3.8) is 0 Å². The number of benzene rings is 1. The maximum absolute atomic E-state index is 12.5. The summed E-state index contributed by atoms with van der Waals surface area (Å²) in [6, 6.07) is 5.71. The molecule has 1 unspecified atom stereocenters. The lowest BCUT2D eigenvalue weighted by molar-refractivity contribution is 0.0492. The van der Waals surface area contributed by atoms with Crippen LogP contribution in [0.4, 0.5) is 10.6 Å². The molecule has 4 aromatic rings. The molecule has 0 radical (unpaired) electrons. The fourth-order valence-electron chi connectivity index (χ4n) is 6.76. The molecule has 5 heterocycles. The Hall–Kier alpha value is -3.19. The highest BCUT2D eigenvalue weighted by molar-refractivity contribution is 6.76. The van der Waals surface area contributed by atoms with Gasteiger partial charge in [-0.3, -0.25) is 4.68 Å². The monoisotopic (exact) mass is 681 g/mol. The predicted octanol–water partition coefficient (Wildman–Crippen LogP) is 7.08. The Balaban J connectivity index is 1.30. The van der Waals surface area contributed by atoms with E-state index >= 15 is 0 Å². The summed E-state index contributed by atoms with van der Waals surface area (Å²) in [5.41, 5.74) is 3.65. The van der Waals surface area contributed by atoms with Crippen LogP contribution < -0.4 is 10.2 Å². The van der Waals surface area contributed by atoms with Crippen molar-refractivity contribution in [1.29, 1.82) is 0 Å². The van der Waals surface area contributed by atoms with Crippen LogP contribution in [0.25, 0.3) is 33.2 Å². The van der Waals surface area contributed by atoms with Crippen molar-refractivity contribution in [2.75, 3.05) is 25.2 Å². The highest BCUT2D eigenvalue weighted by Crippen LogP contribution is 2.41. The minimum Gasteiger partial charge on any atom is -0.444 e. The second kappa shape index (κ2) is 13.4. The number of halogens is 1. The van der Waals surface area contributed by atoms with Crippen molar-refractivity contribution in [3.8, 4) is 11.1 Å². The average molecular weight is 682 g/mol. The van der Waals surface area contributed by atoms with Crippen LogP contribution in [0.5, 0.6) is 0 Å². The molecule has 6 rings (SSSR count). The Kier molecular flexibility index (Phi) is 9.59. The van der Waals surface area contributed by atoms with E-state index in [1.54, 1.807) is 7.11 Å². The van der Waals surface area contributed by atoms with Crippen molar-refractivity contribution in [2.24, 2.45) is 0 Å². The molecule has 2 saturated heterocycles. The van der Waals surface area contributed by atoms with E-state index in [1.165, 1.54) is 0 Å². The molecular formula is C34H48ClN7O4Si. The molecule has 1 amide bonds. The zero-order chi connectivity index (χ0) is 33.5. The quantitative estimate of drug-likeness (QED) is 0.132. The third kappa shape index (κ3) is 7.61. The largest absolute Gasteiger partial charge is 0.444 e. The highest BCUT2D eigenvalue weighted by atomic mass is 35.5. The predicted molar refractivity (Wildman–Crippen MR) is 189 cm³/mol. The minimum absolute atomic E-state index is 0.0708. The third-order valence-corrected chi connectivity index (χ3v) is 11.1. The minimum atomic E-state index is -1.24. The van der Waals surface area contributed by atoms with Gasteiger partial charge in [0.2, 0.25) is 0 Å². The number of rotatable bonds is 11. The Morgan fingerprint density at radius 3 is 2.51 bits per heavy atom. The van der Waals surface area contributed by atoms with E-state index in [9.17, 15) is 4.79 Å². The SMILES string of the molecule is COCCn1cc2c(Cl)c(-c3cn(COCC[Si](C)(C)C)c4nc(N5[C@@H]6CC[C@H]5CC(NC(=O)OC(C)(C)C)C6)cnc34)ccc2n1. The van der Waals surface area contributed by atoms with Gasteiger partial charge in [-0.05, 0) is 58.6 Å². The zero-order valence-corrected chi connectivity index (χ0v) is 30.4. The number of hydrogen-bond donors (Lipinski definition) is 1. The van der Waals surface area contributed by atoms with E-state index in [-0.39, 0.29) is 24.2 Å². The number of nitrogens with zero attached hydrogens (tertiary/aromatic N) is 6. The number of aromatic nitrogens is 5. The number of alkyl carbamates (subject to hydrolysis) is 1. The molecule has 0 saturated carbocycles. The zero-order valence-electron chi connectivity index (χ0n) is 28.7. The smallest absolute Gasteiger partial charge is 0.407 e. The first-order chi connectivity index (χ1) is 22.3. The molecule has 3 atom stereocenters. The van der Waals surface area contributed by atoms with E-state index in [0.717, 1.165) is 70.7 Å². The van der Waals surface area contributed by atoms with Crippen LogP contribution in [0.1, 0.15) is 46.5 Å². The van der Waals surface area contributed by atoms with Crippen LogP contribution in [0.15, 0.2) is 30.7 Å². The number of carbonyl (C=O) groups is 1. The molecule has 1 aromatic carbocycles. The van der Waals surface area contributed by atoms with Gasteiger partial charge in [0.05, 0.1) is 29.9 Å². The Labute approximate surface area is 282 Å². The number of fused-ring (bicyclic) bond motifs is 4. The normalized spacial score (nSPS) is 20.0. The first-order valence-electron chi connectivity index (χ1n) is 16.7. The van der Waals surface area contributed by atoms with E-state index in [2.05, 4.69) is 45.7 Å². The Morgan fingerprint density at radius 1 is 1.09 bits per heavy atom. The van der Waals surface area contributed by atoms with Crippen LogP contribution in [0.3, 0.4) is 0 Å². The van der Waals surface area contributed by atoms with Gasteiger partial charge in [0, 0.05) is 68.8 Å². The summed E-state index contributed by atoms with van der Waals surface area (Å²) in [5, 5.41) is 9.30. The molecule has 3 aromatic heterocycles. The summed E-state index contributed by atoms with van der Waals surface area (Å²) in [4.78, 5) is 25.2. The first-order valence-corrected chi connectivity index (χ1v) is 20.7. The third-order valence-electron chi connectivity index (χ3n) is 8.98. The maximum Gasteiger partial charge on any atom is 0.407 e. The Morgan fingerprint density at radius 2 is 1.83 bits per heavy atom. The average Bonchev–Trinajstić information content (AvgIpc) is 3.64. The molecule has 13 heteroatoms. The number of nitrogens with one attached hydrogen (secondary N) is 1. The molecule has 2 aliphatic heterocycles. The van der Waals surface area contributed by atoms with Gasteiger partial charge in [-0.15, -0.1) is 0 Å². The number of piperidine rings is 1. The van der Waals surface area contributed by atoms with Crippen LogP contribution in [-0.2, 0) is 27.5 Å². The summed E-state index contributed by atoms with van der Waals surface area (Å²) in [6.07, 6.45) is 9.37. The molecule has 2 bridgehead atoms. The molecule has 11 nitrogen and oxygen atoms in total. The summed E-state index contributed by atoms with van der Waals surface area (Å²) >= 11 is 7.08. The summed E-state index contributed by atoms with van der Waals surface area (Å²) < 4.78 is 20.9. The van der Waals surface area contributed by atoms with Gasteiger partial charge in [-0.2, -0.15) is 5.10 Å². The second-order valence-electron chi connectivity index (χ2n) is 15.1. The summed E-state index contributed by atoms with van der Waals surface area (Å²) in [5.74, 6) is 0.856. The van der Waals surface area contributed by atoms with Crippen LogP contribution in [0, 0.1) is 0 Å².